The van der Waals surface area contributed by atoms with Crippen molar-refractivity contribution in [3.63, 3.8) is 0 Å². The number of benzene rings is 1. The van der Waals surface area contributed by atoms with Crippen LogP contribution in [0.3, 0.4) is 0 Å². The van der Waals surface area contributed by atoms with Gasteiger partial charge in [0.1, 0.15) is 17.4 Å². The van der Waals surface area contributed by atoms with Gasteiger partial charge in [0.25, 0.3) is 5.91 Å². The van der Waals surface area contributed by atoms with Crippen LogP contribution in [0, 0.1) is 25.2 Å². The molecule has 0 aliphatic carbocycles. The molecule has 0 radical (unpaired) electrons. The molecule has 1 aromatic carbocycles. The Balaban J connectivity index is 1.98. The van der Waals surface area contributed by atoms with E-state index < -0.39 is 64.1 Å². The van der Waals surface area contributed by atoms with E-state index in [0.717, 1.165) is 22.4 Å². The quantitative estimate of drug-likeness (QED) is 0.310. The molecule has 2 aliphatic heterocycles. The van der Waals surface area contributed by atoms with E-state index in [9.17, 15) is 24.0 Å². The summed E-state index contributed by atoms with van der Waals surface area (Å²) < 4.78 is 11.3. The molecule has 2 aliphatic rings. The molecule has 1 saturated heterocycles. The zero-order valence-corrected chi connectivity index (χ0v) is 29.6. The number of ether oxygens (including phenoxy) is 2. The van der Waals surface area contributed by atoms with E-state index in [0.29, 0.717) is 31.6 Å². The van der Waals surface area contributed by atoms with Gasteiger partial charge in [0.15, 0.2) is 11.4 Å². The summed E-state index contributed by atoms with van der Waals surface area (Å²) in [6.45, 7) is 18.9. The minimum absolute atomic E-state index is 0.0228. The lowest BCUT2D eigenvalue weighted by Gasteiger charge is -2.36. The number of oxime groups is 1. The third-order valence-corrected chi connectivity index (χ3v) is 8.45. The molecule has 1 spiro atoms. The lowest BCUT2D eigenvalue weighted by atomic mass is 9.85. The van der Waals surface area contributed by atoms with E-state index in [1.54, 1.807) is 20.8 Å². The summed E-state index contributed by atoms with van der Waals surface area (Å²) in [5.74, 6) is -2.88. The number of nitrogens with two attached hydrogens (primary N) is 1. The van der Waals surface area contributed by atoms with Crippen LogP contribution in [0.2, 0.25) is 0 Å². The first-order chi connectivity index (χ1) is 21.7. The SMILES string of the molecule is CCC[C@H](CC(=O)[C@@H]1C[C@]2(CC(c3cc(C)c(OCC)c(C)c3)=NO2)CN1C(=O)[C@@H](NC(=O)OC(C)(C)C)C(C)(C)C)C(=O)C(N)=O. The van der Waals surface area contributed by atoms with Crippen LogP contribution in [0.4, 0.5) is 4.79 Å². The number of alkyl carbamates (subject to hydrolysis) is 1. The molecule has 4 atom stereocenters. The van der Waals surface area contributed by atoms with Gasteiger partial charge >= 0.3 is 6.09 Å². The highest BCUT2D eigenvalue weighted by molar-refractivity contribution is 6.36. The fraction of sp³-hybridized carbons (Fsp3) is 0.657. The average Bonchev–Trinajstić information content (AvgIpc) is 3.54. The van der Waals surface area contributed by atoms with Gasteiger partial charge in [-0.05, 0) is 76.6 Å². The van der Waals surface area contributed by atoms with Crippen molar-refractivity contribution in [1.29, 1.82) is 0 Å². The summed E-state index contributed by atoms with van der Waals surface area (Å²) in [5.41, 5.74) is 6.14. The van der Waals surface area contributed by atoms with Crippen LogP contribution in [0.1, 0.15) is 104 Å². The van der Waals surface area contributed by atoms with Gasteiger partial charge in [-0.25, -0.2) is 4.79 Å². The molecule has 2 heterocycles. The van der Waals surface area contributed by atoms with Crippen molar-refractivity contribution in [1.82, 2.24) is 10.2 Å². The summed E-state index contributed by atoms with van der Waals surface area (Å²) in [7, 11) is 0. The summed E-state index contributed by atoms with van der Waals surface area (Å²) >= 11 is 0. The van der Waals surface area contributed by atoms with Crippen LogP contribution in [0.5, 0.6) is 5.75 Å². The van der Waals surface area contributed by atoms with Gasteiger partial charge in [-0.15, -0.1) is 0 Å². The Morgan fingerprint density at radius 1 is 1.09 bits per heavy atom. The Kier molecular flexibility index (Phi) is 11.5. The molecule has 12 heteroatoms. The van der Waals surface area contributed by atoms with Crippen LogP contribution < -0.4 is 15.8 Å². The van der Waals surface area contributed by atoms with E-state index >= 15 is 0 Å². The number of hydrogen-bond acceptors (Lipinski definition) is 9. The van der Waals surface area contributed by atoms with Crippen LogP contribution in [0.15, 0.2) is 17.3 Å². The zero-order valence-electron chi connectivity index (χ0n) is 29.6. The highest BCUT2D eigenvalue weighted by Gasteiger charge is 2.55. The van der Waals surface area contributed by atoms with Crippen molar-refractivity contribution in [3.05, 3.63) is 28.8 Å². The predicted molar refractivity (Wildman–Crippen MR) is 177 cm³/mol. The third-order valence-electron chi connectivity index (χ3n) is 8.45. The lowest BCUT2D eigenvalue weighted by Crippen LogP contribution is -2.57. The number of carbonyl (C=O) groups is 5. The Morgan fingerprint density at radius 3 is 2.21 bits per heavy atom. The first kappa shape index (κ1) is 37.5. The minimum atomic E-state index is -1.10. The first-order valence-corrected chi connectivity index (χ1v) is 16.4. The fourth-order valence-corrected chi connectivity index (χ4v) is 6.32. The van der Waals surface area contributed by atoms with Crippen LogP contribution in [0.25, 0.3) is 0 Å². The van der Waals surface area contributed by atoms with E-state index in [1.807, 2.05) is 60.6 Å². The van der Waals surface area contributed by atoms with Gasteiger partial charge in [-0.1, -0.05) is 39.3 Å². The molecule has 3 rings (SSSR count). The van der Waals surface area contributed by atoms with Crippen LogP contribution >= 0.6 is 0 Å². The number of hydrogen-bond donors (Lipinski definition) is 2. The second-order valence-electron chi connectivity index (χ2n) is 14.9. The van der Waals surface area contributed by atoms with Gasteiger partial charge in [-0.2, -0.15) is 0 Å². The molecule has 3 amide bonds. The van der Waals surface area contributed by atoms with Crippen molar-refractivity contribution in [2.45, 2.75) is 125 Å². The fourth-order valence-electron chi connectivity index (χ4n) is 6.32. The van der Waals surface area contributed by atoms with Gasteiger partial charge in [-0.3, -0.25) is 19.2 Å². The normalized spacial score (nSPS) is 20.7. The average molecular weight is 657 g/mol. The van der Waals surface area contributed by atoms with E-state index in [-0.39, 0.29) is 19.4 Å². The van der Waals surface area contributed by atoms with Gasteiger partial charge in [0.2, 0.25) is 11.7 Å². The Morgan fingerprint density at radius 2 is 1.70 bits per heavy atom. The smallest absolute Gasteiger partial charge is 0.408 e. The van der Waals surface area contributed by atoms with E-state index in [1.165, 1.54) is 4.90 Å². The van der Waals surface area contributed by atoms with E-state index in [2.05, 4.69) is 10.5 Å². The number of rotatable bonds is 12. The van der Waals surface area contributed by atoms with Crippen molar-refractivity contribution in [2.24, 2.45) is 22.2 Å². The number of likely N-dealkylation sites (tertiary alicyclic amines) is 1. The Hall–Kier alpha value is -3.96. The predicted octanol–water partition coefficient (Wildman–Crippen LogP) is 4.54. The van der Waals surface area contributed by atoms with Crippen LogP contribution in [-0.2, 0) is 28.8 Å². The van der Waals surface area contributed by atoms with Gasteiger partial charge in [0, 0.05) is 30.7 Å². The molecule has 1 aromatic rings. The number of nitrogens with zero attached hydrogens (tertiary/aromatic N) is 2. The second-order valence-corrected chi connectivity index (χ2v) is 14.9. The number of ketones is 2. The number of primary amides is 1. The summed E-state index contributed by atoms with van der Waals surface area (Å²) in [6, 6.07) is 1.90. The first-order valence-electron chi connectivity index (χ1n) is 16.4. The maximum atomic E-state index is 14.4. The summed E-state index contributed by atoms with van der Waals surface area (Å²) in [5, 5.41) is 7.16. The lowest BCUT2D eigenvalue weighted by molar-refractivity contribution is -0.143. The molecule has 0 aromatic heterocycles. The van der Waals surface area contributed by atoms with Crippen LogP contribution in [-0.4, -0.2) is 76.5 Å². The molecule has 0 saturated carbocycles. The van der Waals surface area contributed by atoms with Crippen molar-refractivity contribution in [2.75, 3.05) is 13.2 Å². The highest BCUT2D eigenvalue weighted by atomic mass is 16.7. The van der Waals surface area contributed by atoms with Crippen molar-refractivity contribution in [3.8, 4) is 5.75 Å². The molecule has 47 heavy (non-hydrogen) atoms. The number of carbonyl (C=O) groups excluding carboxylic acids is 5. The van der Waals surface area contributed by atoms with Gasteiger partial charge < -0.3 is 30.3 Å². The Bertz CT molecular complexity index is 1400. The number of nitrogens with one attached hydrogen (secondary N) is 1. The zero-order chi connectivity index (χ0) is 35.5. The van der Waals surface area contributed by atoms with Gasteiger partial charge in [0.05, 0.1) is 24.9 Å². The number of aryl methyl sites for hydroxylation is 2. The largest absolute Gasteiger partial charge is 0.493 e. The topological polar surface area (TPSA) is 167 Å². The van der Waals surface area contributed by atoms with E-state index in [4.69, 9.17) is 20.0 Å². The van der Waals surface area contributed by atoms with Crippen molar-refractivity contribution >= 4 is 35.2 Å². The summed E-state index contributed by atoms with van der Waals surface area (Å²) in [4.78, 5) is 73.2. The van der Waals surface area contributed by atoms with Crippen molar-refractivity contribution < 1.29 is 38.3 Å². The Labute approximate surface area is 278 Å². The molecular formula is C35H52N4O8. The number of amides is 3. The minimum Gasteiger partial charge on any atom is -0.493 e. The maximum absolute atomic E-state index is 14.4. The molecule has 12 nitrogen and oxygen atoms in total. The summed E-state index contributed by atoms with van der Waals surface area (Å²) in [6.07, 6.45) is 0.274. The molecule has 3 N–H and O–H groups in total. The monoisotopic (exact) mass is 656 g/mol. The molecule has 0 unspecified atom stereocenters. The third kappa shape index (κ3) is 9.10. The molecular weight excluding hydrogens is 604 g/mol. The molecule has 0 bridgehead atoms. The second kappa shape index (κ2) is 14.4. The highest BCUT2D eigenvalue weighted by Crippen LogP contribution is 2.41. The standard InChI is InChI=1S/C35H52N4O8/c1-11-13-22(27(41)30(36)42)16-26(40)25-18-35(17-24(38-47-35)23-14-20(3)28(45-12-2)21(4)15-23)19-39(25)31(43)29(33(5,6)7)37-32(44)46-34(8,9)10/h14-15,22,25,29H,11-13,16-19H2,1-10H3,(H2,36,42)(H,37,44)/t22-,25+,29-,35-/m1/s1. The maximum Gasteiger partial charge on any atom is 0.408 e. The number of Topliss-reactive ketones (excluding diaryl/α,β-unsaturated/α-hetero) is 2. The molecule has 1 fully saturated rings. The molecule has 260 valence electrons.